The van der Waals surface area contributed by atoms with Crippen molar-refractivity contribution in [1.82, 2.24) is 15.9 Å². The lowest BCUT2D eigenvalue weighted by atomic mass is 10.2. The lowest BCUT2D eigenvalue weighted by Crippen LogP contribution is -2.61. The van der Waals surface area contributed by atoms with E-state index in [9.17, 15) is 0 Å². The van der Waals surface area contributed by atoms with Crippen LogP contribution in [0.25, 0.3) is 0 Å². The van der Waals surface area contributed by atoms with Crippen LogP contribution in [0.3, 0.4) is 0 Å². The highest BCUT2D eigenvalue weighted by Crippen LogP contribution is 2.21. The molecule has 2 N–H and O–H groups in total. The fourth-order valence-electron chi connectivity index (χ4n) is 2.37. The summed E-state index contributed by atoms with van der Waals surface area (Å²) in [6.45, 7) is 2.58. The monoisotopic (exact) mass is 311 g/mol. The van der Waals surface area contributed by atoms with E-state index in [2.05, 4.69) is 32.9 Å². The molecule has 0 spiro atoms. The van der Waals surface area contributed by atoms with Crippen molar-refractivity contribution in [3.63, 3.8) is 0 Å². The van der Waals surface area contributed by atoms with E-state index in [0.717, 1.165) is 25.3 Å². The van der Waals surface area contributed by atoms with Crippen LogP contribution in [0.2, 0.25) is 0 Å². The molecule has 0 amide bonds. The maximum Gasteiger partial charge on any atom is 0.154 e. The van der Waals surface area contributed by atoms with Crippen LogP contribution in [-0.4, -0.2) is 36.1 Å². The predicted molar refractivity (Wildman–Crippen MR) is 82.6 cm³/mol. The first kappa shape index (κ1) is 13.5. The maximum atomic E-state index is 6.02. The number of anilines is 1. The average molecular weight is 312 g/mol. The number of halogens is 2. The summed E-state index contributed by atoms with van der Waals surface area (Å²) in [5.41, 5.74) is 4.17. The molecule has 0 saturated carbocycles. The summed E-state index contributed by atoms with van der Waals surface area (Å²) in [5, 5.41) is 10.2. The quantitative estimate of drug-likeness (QED) is 0.818. The minimum Gasteiger partial charge on any atom is -0.346 e. The number of hydrogen-bond acceptors (Lipinski definition) is 5. The van der Waals surface area contributed by atoms with E-state index in [0.29, 0.717) is 10.3 Å². The van der Waals surface area contributed by atoms with E-state index >= 15 is 0 Å². The minimum absolute atomic E-state index is 0.00218. The van der Waals surface area contributed by atoms with Crippen LogP contribution in [0, 0.1) is 0 Å². The number of allylic oxidation sites excluding steroid dienone is 1. The molecule has 2 heterocycles. The summed E-state index contributed by atoms with van der Waals surface area (Å²) in [6.07, 6.45) is 1.59. The molecular formula is C13H15Cl2N5. The molecule has 1 aromatic rings. The molecular weight excluding hydrogens is 297 g/mol. The fraction of sp³-hybridized carbons (Fsp3) is 0.308. The number of benzene rings is 1. The molecule has 1 unspecified atom stereocenters. The van der Waals surface area contributed by atoms with E-state index in [1.807, 2.05) is 18.2 Å². The number of nitrogens with one attached hydrogen (secondary N) is 2. The van der Waals surface area contributed by atoms with Crippen molar-refractivity contribution >= 4 is 34.1 Å². The number of nitrogens with zero attached hydrogens (tertiary/aromatic N) is 3. The Kier molecular flexibility index (Phi) is 4.00. The van der Waals surface area contributed by atoms with Gasteiger partial charge in [-0.2, -0.15) is 5.12 Å². The summed E-state index contributed by atoms with van der Waals surface area (Å²) >= 11 is 12.0. The van der Waals surface area contributed by atoms with E-state index in [4.69, 9.17) is 23.2 Å². The lowest BCUT2D eigenvalue weighted by Gasteiger charge is -2.43. The van der Waals surface area contributed by atoms with Gasteiger partial charge in [-0.1, -0.05) is 41.4 Å². The molecule has 1 fully saturated rings. The molecule has 1 atom stereocenters. The molecule has 106 valence electrons. The minimum atomic E-state index is 0.00218. The van der Waals surface area contributed by atoms with Crippen molar-refractivity contribution in [3.05, 3.63) is 41.6 Å². The van der Waals surface area contributed by atoms with Gasteiger partial charge in [0.25, 0.3) is 0 Å². The second-order valence-corrected chi connectivity index (χ2v) is 5.38. The van der Waals surface area contributed by atoms with Gasteiger partial charge >= 0.3 is 0 Å². The van der Waals surface area contributed by atoms with Crippen LogP contribution in [0.1, 0.15) is 0 Å². The van der Waals surface area contributed by atoms with Crippen LogP contribution < -0.4 is 15.6 Å². The van der Waals surface area contributed by atoms with Gasteiger partial charge in [0.05, 0.1) is 0 Å². The Morgan fingerprint density at radius 3 is 2.75 bits per heavy atom. The second-order valence-electron chi connectivity index (χ2n) is 4.59. The van der Waals surface area contributed by atoms with Gasteiger partial charge < -0.3 is 10.2 Å². The Hall–Kier alpha value is -1.43. The van der Waals surface area contributed by atoms with Crippen molar-refractivity contribution in [2.45, 2.75) is 6.17 Å². The van der Waals surface area contributed by atoms with Crippen molar-refractivity contribution in [2.24, 2.45) is 5.10 Å². The normalized spacial score (nSPS) is 23.0. The Labute approximate surface area is 127 Å². The second kappa shape index (κ2) is 5.91. The third-order valence-corrected chi connectivity index (χ3v) is 3.64. The van der Waals surface area contributed by atoms with Crippen molar-refractivity contribution in [1.29, 1.82) is 0 Å². The molecule has 0 aromatic heterocycles. The summed E-state index contributed by atoms with van der Waals surface area (Å²) in [6, 6.07) is 10.2. The first-order valence-corrected chi connectivity index (χ1v) is 7.19. The zero-order chi connectivity index (χ0) is 13.9. The predicted octanol–water partition coefficient (Wildman–Crippen LogP) is 1.87. The maximum absolute atomic E-state index is 6.02. The molecule has 2 aliphatic heterocycles. The Bertz CT molecular complexity index is 531. The smallest absolute Gasteiger partial charge is 0.154 e. The van der Waals surface area contributed by atoms with Crippen LogP contribution in [0.5, 0.6) is 0 Å². The van der Waals surface area contributed by atoms with Gasteiger partial charge in [0.1, 0.15) is 5.16 Å². The molecule has 1 saturated heterocycles. The number of hydrazine groups is 1. The van der Waals surface area contributed by atoms with Crippen LogP contribution >= 0.6 is 23.2 Å². The molecule has 0 radical (unpaired) electrons. The molecule has 20 heavy (non-hydrogen) atoms. The average Bonchev–Trinajstić information content (AvgIpc) is 2.47. The number of rotatable bonds is 2. The largest absolute Gasteiger partial charge is 0.346 e. The zero-order valence-electron chi connectivity index (χ0n) is 10.8. The van der Waals surface area contributed by atoms with Crippen LogP contribution in [-0.2, 0) is 0 Å². The number of hydrogen-bond donors (Lipinski definition) is 2. The lowest BCUT2D eigenvalue weighted by molar-refractivity contribution is 0.134. The van der Waals surface area contributed by atoms with Gasteiger partial charge in [-0.15, -0.1) is 5.10 Å². The fourth-order valence-corrected chi connectivity index (χ4v) is 2.81. The van der Waals surface area contributed by atoms with Gasteiger partial charge in [0, 0.05) is 31.4 Å². The molecule has 5 nitrogen and oxygen atoms in total. The van der Waals surface area contributed by atoms with Gasteiger partial charge in [0.2, 0.25) is 0 Å². The molecule has 0 bridgehead atoms. The van der Waals surface area contributed by atoms with Crippen molar-refractivity contribution in [3.8, 4) is 0 Å². The highest BCUT2D eigenvalue weighted by atomic mass is 35.5. The van der Waals surface area contributed by atoms with Gasteiger partial charge in [-0.25, -0.2) is 0 Å². The zero-order valence-corrected chi connectivity index (χ0v) is 12.3. The van der Waals surface area contributed by atoms with Gasteiger partial charge in [-0.3, -0.25) is 5.43 Å². The van der Waals surface area contributed by atoms with Crippen LogP contribution in [0.15, 0.2) is 46.7 Å². The molecule has 3 rings (SSSR count). The van der Waals surface area contributed by atoms with Crippen LogP contribution in [0.4, 0.5) is 5.69 Å². The van der Waals surface area contributed by atoms with E-state index in [1.165, 1.54) is 0 Å². The van der Waals surface area contributed by atoms with E-state index in [1.54, 1.807) is 11.2 Å². The third kappa shape index (κ3) is 2.85. The Morgan fingerprint density at radius 2 is 2.00 bits per heavy atom. The molecule has 7 heteroatoms. The topological polar surface area (TPSA) is 42.9 Å². The third-order valence-electron chi connectivity index (χ3n) is 3.26. The summed E-state index contributed by atoms with van der Waals surface area (Å²) < 4.78 is 0. The number of hydrazone groups is 1. The van der Waals surface area contributed by atoms with Crippen molar-refractivity contribution < 1.29 is 0 Å². The summed E-state index contributed by atoms with van der Waals surface area (Å²) in [4.78, 5) is 2.27. The van der Waals surface area contributed by atoms with Gasteiger partial charge in [0.15, 0.2) is 11.3 Å². The standard InChI is InChI=1S/C13H15Cl2N5/c14-11-8-12(15)18-20(17-11)13-9-16-6-7-19(13)10-4-2-1-3-5-10/h1-5,8,13,16-17H,6-7,9H2. The van der Waals surface area contributed by atoms with Gasteiger partial charge in [-0.05, 0) is 12.1 Å². The highest BCUT2D eigenvalue weighted by Gasteiger charge is 2.29. The SMILES string of the molecule is ClC1=CC(Cl)=NN(C2CNCCN2c2ccccc2)N1. The number of piperazine rings is 1. The first-order chi connectivity index (χ1) is 9.74. The molecule has 1 aromatic carbocycles. The number of para-hydroxylation sites is 1. The Morgan fingerprint density at radius 1 is 1.20 bits per heavy atom. The first-order valence-electron chi connectivity index (χ1n) is 6.43. The van der Waals surface area contributed by atoms with Crippen molar-refractivity contribution in [2.75, 3.05) is 24.5 Å². The summed E-state index contributed by atoms with van der Waals surface area (Å²) in [7, 11) is 0. The molecule has 0 aliphatic carbocycles. The molecule has 2 aliphatic rings. The highest BCUT2D eigenvalue weighted by molar-refractivity contribution is 6.69. The summed E-state index contributed by atoms with van der Waals surface area (Å²) in [5.74, 6) is 0. The van der Waals surface area contributed by atoms with E-state index in [-0.39, 0.29) is 6.17 Å². The van der Waals surface area contributed by atoms with E-state index < -0.39 is 0 Å². The Balaban J connectivity index is 1.85.